The zero-order valence-corrected chi connectivity index (χ0v) is 11.5. The highest BCUT2D eigenvalue weighted by atomic mass is 16.5. The van der Waals surface area contributed by atoms with Gasteiger partial charge in [0.15, 0.2) is 0 Å². The summed E-state index contributed by atoms with van der Waals surface area (Å²) in [6, 6.07) is 5.83. The van der Waals surface area contributed by atoms with Crippen molar-refractivity contribution >= 4 is 11.6 Å². The van der Waals surface area contributed by atoms with Crippen LogP contribution in [0.3, 0.4) is 0 Å². The Morgan fingerprint density at radius 3 is 2.67 bits per heavy atom. The van der Waals surface area contributed by atoms with Crippen LogP contribution in [-0.4, -0.2) is 13.0 Å². The van der Waals surface area contributed by atoms with E-state index in [1.165, 1.54) is 0 Å². The average molecular weight is 247 g/mol. The molecule has 1 aromatic carbocycles. The van der Waals surface area contributed by atoms with Crippen molar-refractivity contribution < 1.29 is 9.53 Å². The fourth-order valence-corrected chi connectivity index (χ4v) is 2.99. The molecule has 0 fully saturated rings. The highest BCUT2D eigenvalue weighted by Gasteiger charge is 2.48. The van der Waals surface area contributed by atoms with E-state index in [-0.39, 0.29) is 11.8 Å². The molecular weight excluding hydrogens is 226 g/mol. The maximum absolute atomic E-state index is 12.4. The average Bonchev–Trinajstić information content (AvgIpc) is 2.63. The molecule has 0 spiro atoms. The Morgan fingerprint density at radius 2 is 2.11 bits per heavy atom. The van der Waals surface area contributed by atoms with Gasteiger partial charge in [-0.25, -0.2) is 0 Å². The van der Waals surface area contributed by atoms with Crippen molar-refractivity contribution in [3.05, 3.63) is 23.8 Å². The van der Waals surface area contributed by atoms with Gasteiger partial charge in [0.1, 0.15) is 5.75 Å². The molecule has 3 heteroatoms. The number of carbonyl (C=O) groups is 1. The van der Waals surface area contributed by atoms with Crippen molar-refractivity contribution in [3.8, 4) is 5.75 Å². The molecule has 1 N–H and O–H groups in total. The van der Waals surface area contributed by atoms with E-state index < -0.39 is 5.41 Å². The second kappa shape index (κ2) is 4.63. The van der Waals surface area contributed by atoms with Crippen molar-refractivity contribution in [2.45, 2.75) is 39.0 Å². The standard InChI is InChI=1S/C15H21NO2/c1-5-8-15(10(2)3)12-9-11(18-4)6-7-13(12)16-14(15)17/h6-7,9-10H,5,8H2,1-4H3,(H,16,17). The first-order valence-corrected chi connectivity index (χ1v) is 6.56. The van der Waals surface area contributed by atoms with Crippen molar-refractivity contribution in [1.29, 1.82) is 0 Å². The van der Waals surface area contributed by atoms with Crippen LogP contribution in [0.5, 0.6) is 5.75 Å². The number of ether oxygens (including phenoxy) is 1. The van der Waals surface area contributed by atoms with Gasteiger partial charge in [0.05, 0.1) is 12.5 Å². The van der Waals surface area contributed by atoms with Crippen LogP contribution >= 0.6 is 0 Å². The Balaban J connectivity index is 2.59. The molecule has 18 heavy (non-hydrogen) atoms. The molecule has 0 aromatic heterocycles. The van der Waals surface area contributed by atoms with E-state index in [1.807, 2.05) is 18.2 Å². The SMILES string of the molecule is CCCC1(C(C)C)C(=O)Nc2ccc(OC)cc21. The lowest BCUT2D eigenvalue weighted by atomic mass is 9.69. The number of fused-ring (bicyclic) bond motifs is 1. The summed E-state index contributed by atoms with van der Waals surface area (Å²) >= 11 is 0. The molecule has 0 bridgehead atoms. The van der Waals surface area contributed by atoms with Gasteiger partial charge >= 0.3 is 0 Å². The second-order valence-electron chi connectivity index (χ2n) is 5.24. The van der Waals surface area contributed by atoms with Crippen LogP contribution in [0.15, 0.2) is 18.2 Å². The lowest BCUT2D eigenvalue weighted by molar-refractivity contribution is -0.122. The van der Waals surface area contributed by atoms with Gasteiger partial charge in [0.2, 0.25) is 5.91 Å². The zero-order valence-electron chi connectivity index (χ0n) is 11.5. The molecule has 0 aliphatic carbocycles. The third kappa shape index (κ3) is 1.69. The van der Waals surface area contributed by atoms with Crippen LogP contribution in [0.2, 0.25) is 0 Å². The third-order valence-electron chi connectivity index (χ3n) is 3.99. The topological polar surface area (TPSA) is 38.3 Å². The number of carbonyl (C=O) groups excluding carboxylic acids is 1. The number of hydrogen-bond donors (Lipinski definition) is 1. The molecule has 0 saturated carbocycles. The van der Waals surface area contributed by atoms with Gasteiger partial charge in [-0.05, 0) is 36.1 Å². The summed E-state index contributed by atoms with van der Waals surface area (Å²) in [4.78, 5) is 12.4. The predicted octanol–water partition coefficient (Wildman–Crippen LogP) is 3.34. The first kappa shape index (κ1) is 12.9. The van der Waals surface area contributed by atoms with E-state index in [4.69, 9.17) is 4.74 Å². The Labute approximate surface area is 109 Å². The summed E-state index contributed by atoms with van der Waals surface area (Å²) < 4.78 is 5.29. The van der Waals surface area contributed by atoms with Crippen LogP contribution in [-0.2, 0) is 10.2 Å². The van der Waals surface area contributed by atoms with E-state index in [9.17, 15) is 4.79 Å². The number of anilines is 1. The minimum absolute atomic E-state index is 0.127. The van der Waals surface area contributed by atoms with Crippen molar-refractivity contribution in [3.63, 3.8) is 0 Å². The summed E-state index contributed by atoms with van der Waals surface area (Å²) in [5.74, 6) is 1.21. The van der Waals surface area contributed by atoms with E-state index in [2.05, 4.69) is 26.1 Å². The molecule has 1 aliphatic heterocycles. The molecule has 1 aromatic rings. The number of hydrogen-bond acceptors (Lipinski definition) is 2. The van der Waals surface area contributed by atoms with Gasteiger partial charge in [-0.1, -0.05) is 27.2 Å². The molecule has 2 rings (SSSR count). The molecule has 1 amide bonds. The van der Waals surface area contributed by atoms with Crippen molar-refractivity contribution in [2.75, 3.05) is 12.4 Å². The van der Waals surface area contributed by atoms with Gasteiger partial charge in [0, 0.05) is 5.69 Å². The maximum Gasteiger partial charge on any atom is 0.235 e. The van der Waals surface area contributed by atoms with E-state index in [0.717, 1.165) is 29.8 Å². The molecule has 3 nitrogen and oxygen atoms in total. The normalized spacial score (nSPS) is 21.9. The van der Waals surface area contributed by atoms with Gasteiger partial charge in [-0.3, -0.25) is 4.79 Å². The molecule has 0 saturated heterocycles. The van der Waals surface area contributed by atoms with Crippen LogP contribution in [0, 0.1) is 5.92 Å². The summed E-state index contributed by atoms with van der Waals surface area (Å²) in [5, 5.41) is 3.01. The van der Waals surface area contributed by atoms with E-state index in [1.54, 1.807) is 7.11 Å². The summed E-state index contributed by atoms with van der Waals surface area (Å²) in [6.07, 6.45) is 1.86. The quantitative estimate of drug-likeness (QED) is 0.886. The van der Waals surface area contributed by atoms with Gasteiger partial charge < -0.3 is 10.1 Å². The first-order chi connectivity index (χ1) is 8.56. The number of methoxy groups -OCH3 is 1. The van der Waals surface area contributed by atoms with Crippen LogP contribution < -0.4 is 10.1 Å². The Morgan fingerprint density at radius 1 is 1.39 bits per heavy atom. The molecule has 1 atom stereocenters. The predicted molar refractivity (Wildman–Crippen MR) is 73.0 cm³/mol. The molecule has 0 radical (unpaired) electrons. The lowest BCUT2D eigenvalue weighted by Crippen LogP contribution is -2.39. The monoisotopic (exact) mass is 247 g/mol. The van der Waals surface area contributed by atoms with Crippen molar-refractivity contribution in [2.24, 2.45) is 5.92 Å². The Kier molecular flexibility index (Phi) is 3.33. The lowest BCUT2D eigenvalue weighted by Gasteiger charge is -2.31. The van der Waals surface area contributed by atoms with E-state index >= 15 is 0 Å². The molecule has 1 unspecified atom stereocenters. The molecule has 1 heterocycles. The number of nitrogens with one attached hydrogen (secondary N) is 1. The fraction of sp³-hybridized carbons (Fsp3) is 0.533. The third-order valence-corrected chi connectivity index (χ3v) is 3.99. The van der Waals surface area contributed by atoms with Crippen LogP contribution in [0.1, 0.15) is 39.2 Å². The highest BCUT2D eigenvalue weighted by Crippen LogP contribution is 2.47. The maximum atomic E-state index is 12.4. The Bertz CT molecular complexity index is 468. The first-order valence-electron chi connectivity index (χ1n) is 6.56. The summed E-state index contributed by atoms with van der Waals surface area (Å²) in [7, 11) is 1.66. The van der Waals surface area contributed by atoms with Gasteiger partial charge in [-0.2, -0.15) is 0 Å². The van der Waals surface area contributed by atoms with Crippen LogP contribution in [0.4, 0.5) is 5.69 Å². The fourth-order valence-electron chi connectivity index (χ4n) is 2.99. The molecular formula is C15H21NO2. The smallest absolute Gasteiger partial charge is 0.235 e. The minimum atomic E-state index is -0.404. The molecule has 98 valence electrons. The van der Waals surface area contributed by atoms with Crippen molar-refractivity contribution in [1.82, 2.24) is 0 Å². The second-order valence-corrected chi connectivity index (χ2v) is 5.24. The van der Waals surface area contributed by atoms with Gasteiger partial charge in [0.25, 0.3) is 0 Å². The Hall–Kier alpha value is -1.51. The highest BCUT2D eigenvalue weighted by molar-refractivity contribution is 6.06. The summed E-state index contributed by atoms with van der Waals surface area (Å²) in [5.41, 5.74) is 1.62. The van der Waals surface area contributed by atoms with Gasteiger partial charge in [-0.15, -0.1) is 0 Å². The zero-order chi connectivity index (χ0) is 13.3. The number of benzene rings is 1. The number of amides is 1. The number of rotatable bonds is 4. The minimum Gasteiger partial charge on any atom is -0.497 e. The largest absolute Gasteiger partial charge is 0.497 e. The van der Waals surface area contributed by atoms with Crippen LogP contribution in [0.25, 0.3) is 0 Å². The summed E-state index contributed by atoms with van der Waals surface area (Å²) in [6.45, 7) is 6.35. The molecule has 1 aliphatic rings. The van der Waals surface area contributed by atoms with E-state index in [0.29, 0.717) is 0 Å².